The molecule has 7 nitrogen and oxygen atoms in total. The molecule has 198 valence electrons. The molecule has 0 aliphatic carbocycles. The van der Waals surface area contributed by atoms with E-state index in [1.165, 1.54) is 4.90 Å². The van der Waals surface area contributed by atoms with Crippen LogP contribution < -0.4 is 9.62 Å². The zero-order valence-corrected chi connectivity index (χ0v) is 24.0. The maximum atomic E-state index is 13.6. The summed E-state index contributed by atoms with van der Waals surface area (Å²) < 4.78 is 26.5. The van der Waals surface area contributed by atoms with Gasteiger partial charge in [0.1, 0.15) is 12.6 Å². The lowest BCUT2D eigenvalue weighted by Gasteiger charge is -2.33. The van der Waals surface area contributed by atoms with Crippen molar-refractivity contribution in [2.45, 2.75) is 72.0 Å². The molecule has 0 heterocycles. The molecular weight excluding hydrogens is 498 g/mol. The Morgan fingerprint density at radius 3 is 2.06 bits per heavy atom. The average molecular weight is 536 g/mol. The minimum atomic E-state index is -3.79. The Morgan fingerprint density at radius 2 is 1.58 bits per heavy atom. The molecule has 1 atom stereocenters. The highest BCUT2D eigenvalue weighted by atomic mass is 35.5. The maximum Gasteiger partial charge on any atom is 0.244 e. The Kier molecular flexibility index (Phi) is 9.24. The summed E-state index contributed by atoms with van der Waals surface area (Å²) in [7, 11) is -3.79. The lowest BCUT2D eigenvalue weighted by atomic mass is 9.87. The first kappa shape index (κ1) is 29.6. The molecule has 2 aromatic rings. The van der Waals surface area contributed by atoms with Gasteiger partial charge in [-0.2, -0.15) is 0 Å². The van der Waals surface area contributed by atoms with Crippen molar-refractivity contribution in [3.63, 3.8) is 0 Å². The van der Waals surface area contributed by atoms with Gasteiger partial charge in [0.15, 0.2) is 0 Å². The molecule has 0 saturated heterocycles. The summed E-state index contributed by atoms with van der Waals surface area (Å²) in [5.74, 6) is -0.838. The first-order valence-corrected chi connectivity index (χ1v) is 14.1. The van der Waals surface area contributed by atoms with E-state index in [-0.39, 0.29) is 17.9 Å². The Balaban J connectivity index is 2.42. The van der Waals surface area contributed by atoms with Crippen molar-refractivity contribution in [1.82, 2.24) is 10.2 Å². The summed E-state index contributed by atoms with van der Waals surface area (Å²) >= 11 is 6.14. The van der Waals surface area contributed by atoms with Crippen LogP contribution in [0.1, 0.15) is 59.6 Å². The van der Waals surface area contributed by atoms with Gasteiger partial charge in [-0.05, 0) is 68.5 Å². The summed E-state index contributed by atoms with van der Waals surface area (Å²) in [5, 5.41) is 3.40. The summed E-state index contributed by atoms with van der Waals surface area (Å²) in [5.41, 5.74) is 1.55. The van der Waals surface area contributed by atoms with Crippen LogP contribution in [0.2, 0.25) is 5.02 Å². The number of halogens is 1. The van der Waals surface area contributed by atoms with Crippen molar-refractivity contribution in [3.05, 3.63) is 64.7 Å². The monoisotopic (exact) mass is 535 g/mol. The van der Waals surface area contributed by atoms with Crippen molar-refractivity contribution < 1.29 is 18.0 Å². The van der Waals surface area contributed by atoms with Gasteiger partial charge in [-0.3, -0.25) is 13.9 Å². The second kappa shape index (κ2) is 11.2. The third-order valence-electron chi connectivity index (χ3n) is 5.61. The molecule has 0 aliphatic rings. The third-order valence-corrected chi connectivity index (χ3v) is 6.98. The number of sulfonamides is 1. The number of rotatable bonds is 8. The Hall–Kier alpha value is -2.58. The molecule has 2 amide bonds. The number of nitrogens with one attached hydrogen (secondary N) is 1. The largest absolute Gasteiger partial charge is 0.350 e. The van der Waals surface area contributed by atoms with Gasteiger partial charge in [0, 0.05) is 17.1 Å². The average Bonchev–Trinajstić information content (AvgIpc) is 2.72. The quantitative estimate of drug-likeness (QED) is 0.529. The second-order valence-corrected chi connectivity index (χ2v) is 13.5. The van der Waals surface area contributed by atoms with E-state index in [1.807, 2.05) is 32.9 Å². The number of benzene rings is 2. The number of hydrogen-bond acceptors (Lipinski definition) is 4. The molecule has 2 aromatic carbocycles. The molecule has 0 aromatic heterocycles. The Labute approximate surface area is 220 Å². The van der Waals surface area contributed by atoms with Gasteiger partial charge in [-0.25, -0.2) is 8.42 Å². The number of carbonyl (C=O) groups is 2. The standard InChI is InChI=1S/C27H38ClN3O4S/c1-19(25(33)29-27(5,6)7)30(17-20-10-9-11-22(28)16-20)24(32)18-31(36(8,34)35)23-14-12-21(13-15-23)26(2,3)4/h9-16,19H,17-18H2,1-8H3,(H,29,33). The van der Waals surface area contributed by atoms with Crippen molar-refractivity contribution in [1.29, 1.82) is 0 Å². The van der Waals surface area contributed by atoms with Crippen LogP contribution in [-0.2, 0) is 31.6 Å². The van der Waals surface area contributed by atoms with Crippen LogP contribution in [-0.4, -0.2) is 49.5 Å². The van der Waals surface area contributed by atoms with Gasteiger partial charge in [0.2, 0.25) is 21.8 Å². The van der Waals surface area contributed by atoms with Crippen LogP contribution >= 0.6 is 11.6 Å². The van der Waals surface area contributed by atoms with Crippen LogP contribution in [0.15, 0.2) is 48.5 Å². The Bertz CT molecular complexity index is 1180. The molecule has 0 fully saturated rings. The van der Waals surface area contributed by atoms with Crippen LogP contribution in [0.5, 0.6) is 0 Å². The van der Waals surface area contributed by atoms with Crippen molar-refractivity contribution >= 4 is 39.1 Å². The van der Waals surface area contributed by atoms with E-state index in [2.05, 4.69) is 26.1 Å². The topological polar surface area (TPSA) is 86.8 Å². The van der Waals surface area contributed by atoms with Crippen LogP contribution in [0.4, 0.5) is 5.69 Å². The third kappa shape index (κ3) is 8.52. The second-order valence-electron chi connectivity index (χ2n) is 11.1. The van der Waals surface area contributed by atoms with Crippen molar-refractivity contribution in [2.75, 3.05) is 17.1 Å². The fourth-order valence-corrected chi connectivity index (χ4v) is 4.69. The molecule has 0 saturated carbocycles. The predicted octanol–water partition coefficient (Wildman–Crippen LogP) is 4.74. The lowest BCUT2D eigenvalue weighted by Crippen LogP contribution is -2.54. The van der Waals surface area contributed by atoms with E-state index >= 15 is 0 Å². The SMILES string of the molecule is CC(C(=O)NC(C)(C)C)N(Cc1cccc(Cl)c1)C(=O)CN(c1ccc(C(C)(C)C)cc1)S(C)(=O)=O. The summed E-state index contributed by atoms with van der Waals surface area (Å²) in [4.78, 5) is 28.0. The first-order chi connectivity index (χ1) is 16.4. The fraction of sp³-hybridized carbons (Fsp3) is 0.481. The number of anilines is 1. The van der Waals surface area contributed by atoms with Crippen LogP contribution in [0.25, 0.3) is 0 Å². The molecule has 0 aliphatic heterocycles. The molecular formula is C27H38ClN3O4S. The van der Waals surface area contributed by atoms with Gasteiger partial charge in [0.05, 0.1) is 11.9 Å². The molecule has 0 bridgehead atoms. The molecule has 9 heteroatoms. The summed E-state index contributed by atoms with van der Waals surface area (Å²) in [6.07, 6.45) is 1.06. The van der Waals surface area contributed by atoms with Gasteiger partial charge in [0.25, 0.3) is 0 Å². The zero-order valence-electron chi connectivity index (χ0n) is 22.4. The van der Waals surface area contributed by atoms with Crippen LogP contribution in [0, 0.1) is 0 Å². The highest BCUT2D eigenvalue weighted by Gasteiger charge is 2.31. The van der Waals surface area contributed by atoms with E-state index < -0.39 is 34.1 Å². The molecule has 0 spiro atoms. The van der Waals surface area contributed by atoms with E-state index in [0.29, 0.717) is 10.7 Å². The molecule has 36 heavy (non-hydrogen) atoms. The van der Waals surface area contributed by atoms with Crippen molar-refractivity contribution in [2.24, 2.45) is 0 Å². The van der Waals surface area contributed by atoms with Gasteiger partial charge >= 0.3 is 0 Å². The number of amides is 2. The maximum absolute atomic E-state index is 13.6. The van der Waals surface area contributed by atoms with E-state index in [9.17, 15) is 18.0 Å². The number of nitrogens with zero attached hydrogens (tertiary/aromatic N) is 2. The van der Waals surface area contributed by atoms with Crippen molar-refractivity contribution in [3.8, 4) is 0 Å². The summed E-state index contributed by atoms with van der Waals surface area (Å²) in [6, 6.07) is 13.3. The van der Waals surface area contributed by atoms with E-state index in [4.69, 9.17) is 11.6 Å². The molecule has 1 unspecified atom stereocenters. The summed E-state index contributed by atoms with van der Waals surface area (Å²) in [6.45, 7) is 13.0. The predicted molar refractivity (Wildman–Crippen MR) is 147 cm³/mol. The highest BCUT2D eigenvalue weighted by molar-refractivity contribution is 7.92. The minimum absolute atomic E-state index is 0.0959. The van der Waals surface area contributed by atoms with Gasteiger partial charge < -0.3 is 10.2 Å². The minimum Gasteiger partial charge on any atom is -0.350 e. The van der Waals surface area contributed by atoms with Gasteiger partial charge in [-0.1, -0.05) is 56.6 Å². The van der Waals surface area contributed by atoms with E-state index in [0.717, 1.165) is 21.7 Å². The van der Waals surface area contributed by atoms with Gasteiger partial charge in [-0.15, -0.1) is 0 Å². The molecule has 1 N–H and O–H groups in total. The first-order valence-electron chi connectivity index (χ1n) is 11.8. The zero-order chi connectivity index (χ0) is 27.5. The fourth-order valence-electron chi connectivity index (χ4n) is 3.63. The lowest BCUT2D eigenvalue weighted by molar-refractivity contribution is -0.140. The molecule has 0 radical (unpaired) electrons. The Morgan fingerprint density at radius 1 is 1.00 bits per heavy atom. The normalized spacial score (nSPS) is 13.1. The smallest absolute Gasteiger partial charge is 0.244 e. The number of hydrogen-bond donors (Lipinski definition) is 1. The highest BCUT2D eigenvalue weighted by Crippen LogP contribution is 2.26. The van der Waals surface area contributed by atoms with Crippen LogP contribution in [0.3, 0.4) is 0 Å². The number of carbonyl (C=O) groups excluding carboxylic acids is 2. The molecule has 2 rings (SSSR count). The van der Waals surface area contributed by atoms with E-state index in [1.54, 1.807) is 43.3 Å².